The predicted octanol–water partition coefficient (Wildman–Crippen LogP) is 2.75. The van der Waals surface area contributed by atoms with Gasteiger partial charge in [0.1, 0.15) is 25.1 Å². The number of halogens is 3. The summed E-state index contributed by atoms with van der Waals surface area (Å²) < 4.78 is 55.9. The van der Waals surface area contributed by atoms with Gasteiger partial charge in [0.05, 0.1) is 24.9 Å². The van der Waals surface area contributed by atoms with Gasteiger partial charge in [0.2, 0.25) is 5.88 Å². The molecule has 4 heterocycles. The monoisotopic (exact) mass is 491 g/mol. The summed E-state index contributed by atoms with van der Waals surface area (Å²) in [5.74, 6) is 0.842. The summed E-state index contributed by atoms with van der Waals surface area (Å²) in [6.45, 7) is -0.679. The number of carbonyl (C=O) groups is 1. The molecule has 3 aromatic rings. The number of amides is 1. The maximum absolute atomic E-state index is 12.8. The van der Waals surface area contributed by atoms with Gasteiger partial charge in [0.15, 0.2) is 5.69 Å². The number of nitrogens with one attached hydrogen (secondary N) is 1. The fourth-order valence-corrected chi connectivity index (χ4v) is 4.17. The number of aromatic nitrogens is 4. The normalized spacial score (nSPS) is 19.0. The Morgan fingerprint density at radius 1 is 1.26 bits per heavy atom. The van der Waals surface area contributed by atoms with Gasteiger partial charge >= 0.3 is 6.18 Å². The fraction of sp³-hybridized carbons (Fsp3) is 0.435. The van der Waals surface area contributed by atoms with Crippen molar-refractivity contribution in [2.45, 2.75) is 37.7 Å². The number of alkyl halides is 3. The van der Waals surface area contributed by atoms with Crippen molar-refractivity contribution in [1.82, 2.24) is 24.9 Å². The first-order chi connectivity index (χ1) is 16.7. The minimum atomic E-state index is -4.35. The number of carbonyl (C=O) groups excluding carboxylic acids is 1. The smallest absolute Gasteiger partial charge is 0.411 e. The molecule has 5 rings (SSSR count). The van der Waals surface area contributed by atoms with Crippen molar-refractivity contribution >= 4 is 5.91 Å². The second-order valence-electron chi connectivity index (χ2n) is 8.63. The Labute approximate surface area is 198 Å². The lowest BCUT2D eigenvalue weighted by Crippen LogP contribution is -2.43. The molecule has 35 heavy (non-hydrogen) atoms. The number of ether oxygens (including phenoxy) is 3. The van der Waals surface area contributed by atoms with E-state index < -0.39 is 12.8 Å². The molecule has 0 fully saturated rings. The van der Waals surface area contributed by atoms with Crippen molar-refractivity contribution in [2.75, 3.05) is 19.8 Å². The molecule has 0 aliphatic carbocycles. The first-order valence-corrected chi connectivity index (χ1v) is 11.2. The molecule has 0 radical (unpaired) electrons. The van der Waals surface area contributed by atoms with Gasteiger partial charge in [-0.3, -0.25) is 9.48 Å². The lowest BCUT2D eigenvalue weighted by atomic mass is 9.99. The van der Waals surface area contributed by atoms with Gasteiger partial charge in [-0.05, 0) is 36.2 Å². The Morgan fingerprint density at radius 3 is 2.86 bits per heavy atom. The van der Waals surface area contributed by atoms with Crippen LogP contribution in [-0.2, 0) is 24.8 Å². The topological polar surface area (TPSA) is 92.4 Å². The number of nitrogens with zero attached hydrogens (tertiary/aromatic N) is 4. The molecular weight excluding hydrogens is 467 g/mol. The van der Waals surface area contributed by atoms with E-state index in [1.165, 1.54) is 10.7 Å². The van der Waals surface area contributed by atoms with Gasteiger partial charge in [0.25, 0.3) is 5.91 Å². The highest BCUT2D eigenvalue weighted by molar-refractivity contribution is 5.92. The SMILES string of the molecule is Cn1ccc(-c2ccc3c(c2)C[C@@H](NC(=O)c2cc4n(n2)C[C@H](CCOCC(F)(F)F)O4)CO3)n1. The average Bonchev–Trinajstić information content (AvgIpc) is 3.50. The van der Waals surface area contributed by atoms with Gasteiger partial charge in [-0.1, -0.05) is 0 Å². The third kappa shape index (κ3) is 5.42. The summed E-state index contributed by atoms with van der Waals surface area (Å²) in [6.07, 6.45) is -1.92. The number of benzene rings is 1. The zero-order valence-corrected chi connectivity index (χ0v) is 18.9. The first-order valence-electron chi connectivity index (χ1n) is 11.2. The van der Waals surface area contributed by atoms with E-state index in [4.69, 9.17) is 9.47 Å². The summed E-state index contributed by atoms with van der Waals surface area (Å²) in [5, 5.41) is 11.7. The molecule has 2 aliphatic heterocycles. The Balaban J connectivity index is 1.15. The van der Waals surface area contributed by atoms with Crippen LogP contribution in [0.1, 0.15) is 22.5 Å². The molecule has 2 aromatic heterocycles. The molecule has 9 nitrogen and oxygen atoms in total. The molecule has 1 aromatic carbocycles. The highest BCUT2D eigenvalue weighted by atomic mass is 19.4. The minimum absolute atomic E-state index is 0.0758. The van der Waals surface area contributed by atoms with E-state index in [2.05, 4.69) is 20.3 Å². The molecule has 0 unspecified atom stereocenters. The molecule has 1 amide bonds. The number of aryl methyl sites for hydroxylation is 1. The van der Waals surface area contributed by atoms with Crippen LogP contribution in [0.15, 0.2) is 36.5 Å². The zero-order valence-electron chi connectivity index (χ0n) is 18.9. The van der Waals surface area contributed by atoms with Crippen LogP contribution in [0.25, 0.3) is 11.3 Å². The van der Waals surface area contributed by atoms with Crippen molar-refractivity contribution in [3.63, 3.8) is 0 Å². The second kappa shape index (κ2) is 9.25. The van der Waals surface area contributed by atoms with E-state index in [0.717, 1.165) is 22.6 Å². The molecule has 0 saturated heterocycles. The molecular formula is C23H24F3N5O4. The Morgan fingerprint density at radius 2 is 2.11 bits per heavy atom. The van der Waals surface area contributed by atoms with E-state index in [-0.39, 0.29) is 30.4 Å². The molecule has 186 valence electrons. The molecule has 1 N–H and O–H groups in total. The zero-order chi connectivity index (χ0) is 24.6. The van der Waals surface area contributed by atoms with Crippen molar-refractivity contribution < 1.29 is 32.2 Å². The van der Waals surface area contributed by atoms with Gasteiger partial charge in [-0.25, -0.2) is 4.68 Å². The Hall–Kier alpha value is -3.54. The van der Waals surface area contributed by atoms with E-state index in [1.807, 2.05) is 37.5 Å². The third-order valence-corrected chi connectivity index (χ3v) is 5.80. The van der Waals surface area contributed by atoms with Crippen LogP contribution in [0.2, 0.25) is 0 Å². The van der Waals surface area contributed by atoms with Crippen molar-refractivity contribution in [3.8, 4) is 22.9 Å². The summed E-state index contributed by atoms with van der Waals surface area (Å²) in [6, 6.07) is 9.13. The number of fused-ring (bicyclic) bond motifs is 2. The van der Waals surface area contributed by atoms with Crippen LogP contribution >= 0.6 is 0 Å². The van der Waals surface area contributed by atoms with E-state index in [1.54, 1.807) is 4.68 Å². The quantitative estimate of drug-likeness (QED) is 0.511. The van der Waals surface area contributed by atoms with E-state index >= 15 is 0 Å². The molecule has 2 atom stereocenters. The van der Waals surface area contributed by atoms with Crippen LogP contribution in [0.3, 0.4) is 0 Å². The summed E-state index contributed by atoms with van der Waals surface area (Å²) >= 11 is 0. The van der Waals surface area contributed by atoms with Crippen LogP contribution in [0.4, 0.5) is 13.2 Å². The van der Waals surface area contributed by atoms with Crippen molar-refractivity contribution in [1.29, 1.82) is 0 Å². The van der Waals surface area contributed by atoms with Gasteiger partial charge < -0.3 is 19.5 Å². The Bertz CT molecular complexity index is 1200. The van der Waals surface area contributed by atoms with E-state index in [0.29, 0.717) is 31.9 Å². The van der Waals surface area contributed by atoms with Crippen LogP contribution in [-0.4, -0.2) is 63.6 Å². The van der Waals surface area contributed by atoms with Gasteiger partial charge in [-0.2, -0.15) is 23.4 Å². The molecule has 0 bridgehead atoms. The predicted molar refractivity (Wildman–Crippen MR) is 117 cm³/mol. The van der Waals surface area contributed by atoms with Crippen molar-refractivity contribution in [3.05, 3.63) is 47.8 Å². The summed E-state index contributed by atoms with van der Waals surface area (Å²) in [7, 11) is 1.86. The molecule has 2 aliphatic rings. The highest BCUT2D eigenvalue weighted by Gasteiger charge is 2.30. The lowest BCUT2D eigenvalue weighted by Gasteiger charge is -2.26. The fourth-order valence-electron chi connectivity index (χ4n) is 4.17. The average molecular weight is 491 g/mol. The van der Waals surface area contributed by atoms with Gasteiger partial charge in [0, 0.05) is 31.3 Å². The number of hydrogen-bond acceptors (Lipinski definition) is 6. The van der Waals surface area contributed by atoms with Crippen LogP contribution in [0, 0.1) is 0 Å². The molecule has 0 saturated carbocycles. The minimum Gasteiger partial charge on any atom is -0.491 e. The summed E-state index contributed by atoms with van der Waals surface area (Å²) in [4.78, 5) is 12.8. The van der Waals surface area contributed by atoms with Crippen molar-refractivity contribution in [2.24, 2.45) is 7.05 Å². The third-order valence-electron chi connectivity index (χ3n) is 5.80. The largest absolute Gasteiger partial charge is 0.491 e. The maximum atomic E-state index is 12.8. The standard InChI is InChI=1S/C23H24F3N5O4/c1-30-6-4-18(28-30)14-2-3-20-15(8-14)9-16(12-34-20)27-22(32)19-10-21-31(29-19)11-17(35-21)5-7-33-13-23(24,25)26/h2-4,6,8,10,16-17H,5,7,9,11-13H2,1H3,(H,27,32)/t16-,17+/m1/s1. The maximum Gasteiger partial charge on any atom is 0.411 e. The van der Waals surface area contributed by atoms with Crippen LogP contribution < -0.4 is 14.8 Å². The highest BCUT2D eigenvalue weighted by Crippen LogP contribution is 2.30. The number of hydrogen-bond donors (Lipinski definition) is 1. The molecule has 12 heteroatoms. The van der Waals surface area contributed by atoms with Gasteiger partial charge in [-0.15, -0.1) is 0 Å². The van der Waals surface area contributed by atoms with Crippen LogP contribution in [0.5, 0.6) is 11.6 Å². The summed E-state index contributed by atoms with van der Waals surface area (Å²) in [5.41, 5.74) is 3.02. The van der Waals surface area contributed by atoms with E-state index in [9.17, 15) is 18.0 Å². The first kappa shape index (κ1) is 23.2. The lowest BCUT2D eigenvalue weighted by molar-refractivity contribution is -0.174. The Kier molecular flexibility index (Phi) is 6.13. The molecule has 0 spiro atoms. The second-order valence-corrected chi connectivity index (χ2v) is 8.63. The number of rotatable bonds is 7.